The van der Waals surface area contributed by atoms with E-state index in [2.05, 4.69) is 6.92 Å². The summed E-state index contributed by atoms with van der Waals surface area (Å²) < 4.78 is 0. The third-order valence-corrected chi connectivity index (χ3v) is 5.38. The lowest BCUT2D eigenvalue weighted by Crippen LogP contribution is -2.28. The first-order chi connectivity index (χ1) is 8.70. The second kappa shape index (κ2) is 6.58. The molecule has 2 heteroatoms. The zero-order valence-corrected chi connectivity index (χ0v) is 11.7. The zero-order chi connectivity index (χ0) is 13.0. The largest absolute Gasteiger partial charge is 0.481 e. The van der Waals surface area contributed by atoms with Crippen LogP contribution in [0.5, 0.6) is 0 Å². The van der Waals surface area contributed by atoms with Gasteiger partial charge >= 0.3 is 5.97 Å². The first-order valence-electron chi connectivity index (χ1n) is 7.93. The molecule has 0 aromatic rings. The van der Waals surface area contributed by atoms with Crippen LogP contribution in [0.3, 0.4) is 0 Å². The summed E-state index contributed by atoms with van der Waals surface area (Å²) in [6, 6.07) is 0. The Kier molecular flexibility index (Phi) is 5.08. The van der Waals surface area contributed by atoms with Crippen LogP contribution >= 0.6 is 0 Å². The molecule has 0 unspecified atom stereocenters. The average Bonchev–Trinajstić information content (AvgIpc) is 2.40. The smallest absolute Gasteiger partial charge is 0.306 e. The maximum absolute atomic E-state index is 11.0. The van der Waals surface area contributed by atoms with Crippen molar-refractivity contribution in [2.45, 2.75) is 71.1 Å². The number of carboxylic acids is 1. The molecule has 2 fully saturated rings. The fraction of sp³-hybridized carbons (Fsp3) is 0.938. The number of carbonyl (C=O) groups is 1. The van der Waals surface area contributed by atoms with Crippen molar-refractivity contribution < 1.29 is 9.90 Å². The van der Waals surface area contributed by atoms with Gasteiger partial charge in [-0.15, -0.1) is 0 Å². The van der Waals surface area contributed by atoms with E-state index >= 15 is 0 Å². The zero-order valence-electron chi connectivity index (χ0n) is 11.7. The van der Waals surface area contributed by atoms with Gasteiger partial charge in [-0.3, -0.25) is 4.79 Å². The molecule has 18 heavy (non-hydrogen) atoms. The highest BCUT2D eigenvalue weighted by Crippen LogP contribution is 2.42. The van der Waals surface area contributed by atoms with Crippen LogP contribution in [0.1, 0.15) is 71.1 Å². The van der Waals surface area contributed by atoms with Crippen LogP contribution in [0.4, 0.5) is 0 Å². The molecule has 0 bridgehead atoms. The van der Waals surface area contributed by atoms with E-state index in [0.717, 1.165) is 30.6 Å². The lowest BCUT2D eigenvalue weighted by molar-refractivity contribution is -0.143. The minimum Gasteiger partial charge on any atom is -0.481 e. The summed E-state index contributed by atoms with van der Waals surface area (Å²) in [6.07, 6.45) is 12.6. The molecular weight excluding hydrogens is 224 g/mol. The predicted molar refractivity (Wildman–Crippen MR) is 73.4 cm³/mol. The van der Waals surface area contributed by atoms with Gasteiger partial charge in [-0.05, 0) is 56.3 Å². The van der Waals surface area contributed by atoms with E-state index in [9.17, 15) is 4.79 Å². The van der Waals surface area contributed by atoms with Crippen molar-refractivity contribution in [3.8, 4) is 0 Å². The van der Waals surface area contributed by atoms with Gasteiger partial charge in [-0.1, -0.05) is 32.6 Å². The number of hydrogen-bond acceptors (Lipinski definition) is 1. The van der Waals surface area contributed by atoms with Gasteiger partial charge in [0.2, 0.25) is 0 Å². The predicted octanol–water partition coefficient (Wildman–Crippen LogP) is 4.48. The normalized spacial score (nSPS) is 37.4. The lowest BCUT2D eigenvalue weighted by atomic mass is 9.69. The van der Waals surface area contributed by atoms with Crippen LogP contribution in [0, 0.1) is 23.7 Å². The Labute approximate surface area is 111 Å². The summed E-state index contributed by atoms with van der Waals surface area (Å²) in [5.41, 5.74) is 0. The third-order valence-electron chi connectivity index (χ3n) is 5.38. The molecule has 0 radical (unpaired) electrons. The van der Waals surface area contributed by atoms with E-state index in [-0.39, 0.29) is 5.92 Å². The first kappa shape index (κ1) is 13.9. The number of carboxylic acid groups (broad SMARTS) is 1. The third kappa shape index (κ3) is 3.49. The standard InChI is InChI=1S/C16H28O2/c1-2-3-12-4-6-13(7-5-12)14-8-10-15(11-9-14)16(17)18/h12-15H,2-11H2,1H3,(H,17,18)/t12-,13-,14?,15?. The minimum absolute atomic E-state index is 0.0438. The van der Waals surface area contributed by atoms with Crippen molar-refractivity contribution in [1.82, 2.24) is 0 Å². The molecule has 0 amide bonds. The van der Waals surface area contributed by atoms with Gasteiger partial charge in [-0.25, -0.2) is 0 Å². The summed E-state index contributed by atoms with van der Waals surface area (Å²) in [7, 11) is 0. The highest BCUT2D eigenvalue weighted by molar-refractivity contribution is 5.69. The maximum atomic E-state index is 11.0. The molecule has 104 valence electrons. The molecule has 1 N–H and O–H groups in total. The average molecular weight is 252 g/mol. The van der Waals surface area contributed by atoms with Gasteiger partial charge in [0.1, 0.15) is 0 Å². The molecule has 0 spiro atoms. The van der Waals surface area contributed by atoms with Crippen molar-refractivity contribution in [3.63, 3.8) is 0 Å². The Hall–Kier alpha value is -0.530. The molecule has 2 aliphatic rings. The van der Waals surface area contributed by atoms with E-state index in [0.29, 0.717) is 0 Å². The van der Waals surface area contributed by atoms with Crippen LogP contribution in [-0.2, 0) is 4.79 Å². The summed E-state index contributed by atoms with van der Waals surface area (Å²) in [5, 5.41) is 9.03. The molecule has 2 aliphatic carbocycles. The molecule has 2 nitrogen and oxygen atoms in total. The monoisotopic (exact) mass is 252 g/mol. The van der Waals surface area contributed by atoms with E-state index in [4.69, 9.17) is 5.11 Å². The van der Waals surface area contributed by atoms with Gasteiger partial charge in [0.25, 0.3) is 0 Å². The van der Waals surface area contributed by atoms with Crippen molar-refractivity contribution in [3.05, 3.63) is 0 Å². The Morgan fingerprint density at radius 3 is 1.89 bits per heavy atom. The van der Waals surface area contributed by atoms with Crippen LogP contribution in [0.2, 0.25) is 0 Å². The number of hydrogen-bond donors (Lipinski definition) is 1. The van der Waals surface area contributed by atoms with Gasteiger partial charge < -0.3 is 5.11 Å². The first-order valence-corrected chi connectivity index (χ1v) is 7.93. The molecular formula is C16H28O2. The summed E-state index contributed by atoms with van der Waals surface area (Å²) in [6.45, 7) is 2.29. The van der Waals surface area contributed by atoms with Gasteiger partial charge in [0.05, 0.1) is 5.92 Å². The van der Waals surface area contributed by atoms with Crippen molar-refractivity contribution in [1.29, 1.82) is 0 Å². The second-order valence-corrected chi connectivity index (χ2v) is 6.52. The van der Waals surface area contributed by atoms with Crippen molar-refractivity contribution >= 4 is 5.97 Å². The fourth-order valence-electron chi connectivity index (χ4n) is 4.19. The Bertz CT molecular complexity index is 258. The van der Waals surface area contributed by atoms with E-state index < -0.39 is 5.97 Å². The van der Waals surface area contributed by atoms with Crippen LogP contribution in [0.15, 0.2) is 0 Å². The topological polar surface area (TPSA) is 37.3 Å². The SMILES string of the molecule is CCC[C@H]1CC[C@H](C2CCC(C(=O)O)CC2)CC1. The number of aliphatic carboxylic acids is 1. The molecule has 0 atom stereocenters. The summed E-state index contributed by atoms with van der Waals surface area (Å²) >= 11 is 0. The Morgan fingerprint density at radius 2 is 1.44 bits per heavy atom. The van der Waals surface area contributed by atoms with Gasteiger partial charge in [0.15, 0.2) is 0 Å². The second-order valence-electron chi connectivity index (χ2n) is 6.52. The Balaban J connectivity index is 1.73. The number of rotatable bonds is 4. The molecule has 0 heterocycles. The van der Waals surface area contributed by atoms with Crippen molar-refractivity contribution in [2.24, 2.45) is 23.7 Å². The lowest BCUT2D eigenvalue weighted by Gasteiger charge is -2.37. The van der Waals surface area contributed by atoms with E-state index in [1.165, 1.54) is 51.4 Å². The van der Waals surface area contributed by atoms with Crippen LogP contribution < -0.4 is 0 Å². The quantitative estimate of drug-likeness (QED) is 0.800. The molecule has 0 aromatic carbocycles. The highest BCUT2D eigenvalue weighted by Gasteiger charge is 2.32. The summed E-state index contributed by atoms with van der Waals surface area (Å²) in [4.78, 5) is 11.0. The van der Waals surface area contributed by atoms with Crippen molar-refractivity contribution in [2.75, 3.05) is 0 Å². The summed E-state index contributed by atoms with van der Waals surface area (Å²) in [5.74, 6) is 2.12. The maximum Gasteiger partial charge on any atom is 0.306 e. The molecule has 0 aromatic heterocycles. The Morgan fingerprint density at radius 1 is 0.944 bits per heavy atom. The molecule has 2 rings (SSSR count). The minimum atomic E-state index is -0.569. The molecule has 0 saturated heterocycles. The molecule has 2 saturated carbocycles. The fourth-order valence-corrected chi connectivity index (χ4v) is 4.19. The van der Waals surface area contributed by atoms with Gasteiger partial charge in [0, 0.05) is 0 Å². The highest BCUT2D eigenvalue weighted by atomic mass is 16.4. The van der Waals surface area contributed by atoms with Crippen LogP contribution in [0.25, 0.3) is 0 Å². The van der Waals surface area contributed by atoms with Crippen LogP contribution in [-0.4, -0.2) is 11.1 Å². The van der Waals surface area contributed by atoms with E-state index in [1.807, 2.05) is 0 Å². The molecule has 0 aliphatic heterocycles. The van der Waals surface area contributed by atoms with E-state index in [1.54, 1.807) is 0 Å². The van der Waals surface area contributed by atoms with Gasteiger partial charge in [-0.2, -0.15) is 0 Å².